The number of carbonyl (C=O) groups excluding carboxylic acids is 2. The summed E-state index contributed by atoms with van der Waals surface area (Å²) in [6.07, 6.45) is 3.87. The summed E-state index contributed by atoms with van der Waals surface area (Å²) in [5, 5.41) is 0. The van der Waals surface area contributed by atoms with Crippen molar-refractivity contribution in [3.05, 3.63) is 36.5 Å². The van der Waals surface area contributed by atoms with Crippen molar-refractivity contribution >= 4 is 11.8 Å². The Balaban J connectivity index is 2.65. The van der Waals surface area contributed by atoms with Gasteiger partial charge in [0.15, 0.2) is 5.78 Å². The summed E-state index contributed by atoms with van der Waals surface area (Å²) >= 11 is 0. The van der Waals surface area contributed by atoms with Crippen LogP contribution in [-0.4, -0.2) is 23.8 Å². The maximum absolute atomic E-state index is 11.2. The molecule has 0 aromatic carbocycles. The van der Waals surface area contributed by atoms with Crippen LogP contribution >= 0.6 is 0 Å². The minimum Gasteiger partial charge on any atom is -0.468 e. The van der Waals surface area contributed by atoms with Gasteiger partial charge in [0, 0.05) is 18.0 Å². The normalized spacial score (nSPS) is 9.31. The lowest BCUT2D eigenvalue weighted by atomic mass is 10.1. The van der Waals surface area contributed by atoms with Gasteiger partial charge in [-0.1, -0.05) is 0 Å². The quantitative estimate of drug-likeness (QED) is 0.387. The standard InChI is InChI=1S/C9H8NO3/c1-13-9(12)6-8(11)7-2-4-10-5-3-7/h2-6H,1H3. The highest BCUT2D eigenvalue weighted by atomic mass is 16.5. The van der Waals surface area contributed by atoms with Crippen molar-refractivity contribution < 1.29 is 14.3 Å². The van der Waals surface area contributed by atoms with Crippen LogP contribution in [0.25, 0.3) is 0 Å². The molecule has 0 atom stereocenters. The number of Topliss-reactive ketones (excluding diaryl/α,β-unsaturated/α-hetero) is 1. The zero-order valence-corrected chi connectivity index (χ0v) is 7.06. The predicted octanol–water partition coefficient (Wildman–Crippen LogP) is 0.642. The minimum absolute atomic E-state index is 0.380. The topological polar surface area (TPSA) is 56.3 Å². The number of pyridine rings is 1. The van der Waals surface area contributed by atoms with Crippen molar-refractivity contribution in [1.82, 2.24) is 4.98 Å². The lowest BCUT2D eigenvalue weighted by molar-refractivity contribution is -0.136. The van der Waals surface area contributed by atoms with Crippen LogP contribution in [0.4, 0.5) is 0 Å². The Hall–Kier alpha value is -1.71. The first-order chi connectivity index (χ1) is 6.24. The number of hydrogen-bond donors (Lipinski definition) is 0. The number of ketones is 1. The van der Waals surface area contributed by atoms with E-state index in [1.807, 2.05) is 0 Å². The van der Waals surface area contributed by atoms with Crippen LogP contribution < -0.4 is 0 Å². The highest BCUT2D eigenvalue weighted by Gasteiger charge is 2.11. The second-order valence-electron chi connectivity index (χ2n) is 2.27. The van der Waals surface area contributed by atoms with Gasteiger partial charge >= 0.3 is 5.97 Å². The van der Waals surface area contributed by atoms with Crippen LogP contribution in [0, 0.1) is 6.42 Å². The maximum Gasteiger partial charge on any atom is 0.317 e. The summed E-state index contributed by atoms with van der Waals surface area (Å²) in [7, 11) is 1.22. The van der Waals surface area contributed by atoms with Gasteiger partial charge in [0.05, 0.1) is 7.11 Å². The van der Waals surface area contributed by atoms with Gasteiger partial charge < -0.3 is 4.74 Å². The smallest absolute Gasteiger partial charge is 0.317 e. The van der Waals surface area contributed by atoms with Crippen LogP contribution in [0.15, 0.2) is 24.5 Å². The SMILES string of the molecule is COC(=O)[CH]C(=O)c1ccncc1. The Morgan fingerprint density at radius 2 is 2.00 bits per heavy atom. The first-order valence-electron chi connectivity index (χ1n) is 3.61. The molecule has 0 saturated heterocycles. The van der Waals surface area contributed by atoms with Crippen LogP contribution in [0.1, 0.15) is 10.4 Å². The zero-order chi connectivity index (χ0) is 9.68. The number of ether oxygens (including phenoxy) is 1. The third kappa shape index (κ3) is 2.66. The highest BCUT2D eigenvalue weighted by molar-refractivity contribution is 6.15. The fourth-order valence-electron chi connectivity index (χ4n) is 0.765. The van der Waals surface area contributed by atoms with Gasteiger partial charge in [0.25, 0.3) is 0 Å². The first kappa shape index (κ1) is 9.38. The largest absolute Gasteiger partial charge is 0.468 e. The van der Waals surface area contributed by atoms with E-state index in [0.717, 1.165) is 6.42 Å². The number of rotatable bonds is 3. The molecule has 0 aliphatic carbocycles. The lowest BCUT2D eigenvalue weighted by Gasteiger charge is -1.97. The summed E-state index contributed by atoms with van der Waals surface area (Å²) in [4.78, 5) is 25.7. The van der Waals surface area contributed by atoms with Crippen molar-refractivity contribution in [2.45, 2.75) is 0 Å². The summed E-state index contributed by atoms with van der Waals surface area (Å²) in [5.74, 6) is -1.03. The third-order valence-corrected chi connectivity index (χ3v) is 1.41. The van der Waals surface area contributed by atoms with E-state index in [-0.39, 0.29) is 5.78 Å². The van der Waals surface area contributed by atoms with E-state index >= 15 is 0 Å². The summed E-state index contributed by atoms with van der Waals surface area (Å²) in [6, 6.07) is 3.06. The molecule has 1 rings (SSSR count). The fraction of sp³-hybridized carbons (Fsp3) is 0.111. The number of nitrogens with zero attached hydrogens (tertiary/aromatic N) is 1. The van der Waals surface area contributed by atoms with E-state index in [1.54, 1.807) is 0 Å². The van der Waals surface area contributed by atoms with E-state index in [2.05, 4.69) is 9.72 Å². The van der Waals surface area contributed by atoms with Crippen LogP contribution in [0.2, 0.25) is 0 Å². The zero-order valence-electron chi connectivity index (χ0n) is 7.06. The average Bonchev–Trinajstić information content (AvgIpc) is 2.19. The van der Waals surface area contributed by atoms with Crippen molar-refractivity contribution in [2.24, 2.45) is 0 Å². The molecule has 1 aromatic rings. The predicted molar refractivity (Wildman–Crippen MR) is 44.9 cm³/mol. The summed E-state index contributed by atoms with van der Waals surface area (Å²) < 4.78 is 4.31. The van der Waals surface area contributed by atoms with Crippen molar-refractivity contribution in [3.63, 3.8) is 0 Å². The second-order valence-corrected chi connectivity index (χ2v) is 2.27. The molecular weight excluding hydrogens is 170 g/mol. The molecule has 0 aliphatic heterocycles. The molecule has 67 valence electrons. The van der Waals surface area contributed by atoms with Gasteiger partial charge in [-0.3, -0.25) is 14.6 Å². The monoisotopic (exact) mass is 178 g/mol. The summed E-state index contributed by atoms with van der Waals surface area (Å²) in [5.41, 5.74) is 0.417. The van der Waals surface area contributed by atoms with Gasteiger partial charge in [0.1, 0.15) is 6.42 Å². The van der Waals surface area contributed by atoms with Crippen LogP contribution in [0.5, 0.6) is 0 Å². The molecule has 0 fully saturated rings. The van der Waals surface area contributed by atoms with E-state index < -0.39 is 5.97 Å². The molecule has 1 radical (unpaired) electrons. The van der Waals surface area contributed by atoms with E-state index in [4.69, 9.17) is 0 Å². The average molecular weight is 178 g/mol. The molecule has 0 aliphatic rings. The molecule has 1 heterocycles. The van der Waals surface area contributed by atoms with Gasteiger partial charge in [-0.05, 0) is 12.1 Å². The first-order valence-corrected chi connectivity index (χ1v) is 3.61. The Labute approximate surface area is 75.5 Å². The Morgan fingerprint density at radius 3 is 2.54 bits per heavy atom. The molecule has 4 nitrogen and oxygen atoms in total. The molecule has 0 unspecified atom stereocenters. The maximum atomic E-state index is 11.2. The Kier molecular flexibility index (Phi) is 3.14. The molecule has 0 spiro atoms. The molecule has 0 saturated carbocycles. The second kappa shape index (κ2) is 4.35. The van der Waals surface area contributed by atoms with Crippen molar-refractivity contribution in [1.29, 1.82) is 0 Å². The van der Waals surface area contributed by atoms with E-state index in [1.165, 1.54) is 31.6 Å². The molecule has 0 amide bonds. The molecule has 0 bridgehead atoms. The highest BCUT2D eigenvalue weighted by Crippen LogP contribution is 2.00. The van der Waals surface area contributed by atoms with Crippen LogP contribution in [0.3, 0.4) is 0 Å². The third-order valence-electron chi connectivity index (χ3n) is 1.41. The molecule has 1 aromatic heterocycles. The molecular formula is C9H8NO3. The summed E-state index contributed by atoms with van der Waals surface area (Å²) in [6.45, 7) is 0. The number of esters is 1. The molecule has 4 heteroatoms. The molecule has 13 heavy (non-hydrogen) atoms. The molecule has 0 N–H and O–H groups in total. The van der Waals surface area contributed by atoms with Crippen molar-refractivity contribution in [2.75, 3.05) is 7.11 Å². The number of methoxy groups -OCH3 is 1. The Bertz CT molecular complexity index is 308. The minimum atomic E-state index is -0.651. The van der Waals surface area contributed by atoms with Crippen LogP contribution in [-0.2, 0) is 9.53 Å². The van der Waals surface area contributed by atoms with Gasteiger partial charge in [0.2, 0.25) is 0 Å². The number of hydrogen-bond acceptors (Lipinski definition) is 4. The van der Waals surface area contributed by atoms with Crippen molar-refractivity contribution in [3.8, 4) is 0 Å². The number of carbonyl (C=O) groups is 2. The van der Waals surface area contributed by atoms with Gasteiger partial charge in [-0.2, -0.15) is 0 Å². The van der Waals surface area contributed by atoms with Gasteiger partial charge in [-0.25, -0.2) is 0 Å². The van der Waals surface area contributed by atoms with Gasteiger partial charge in [-0.15, -0.1) is 0 Å². The van der Waals surface area contributed by atoms with E-state index in [9.17, 15) is 9.59 Å². The fourth-order valence-corrected chi connectivity index (χ4v) is 0.765. The Morgan fingerprint density at radius 1 is 1.38 bits per heavy atom. The lowest BCUT2D eigenvalue weighted by Crippen LogP contribution is -2.10. The number of aromatic nitrogens is 1. The van der Waals surface area contributed by atoms with E-state index in [0.29, 0.717) is 5.56 Å².